The quantitative estimate of drug-likeness (QED) is 0.884. The van der Waals surface area contributed by atoms with Crippen LogP contribution in [0.2, 0.25) is 0 Å². The van der Waals surface area contributed by atoms with Crippen molar-refractivity contribution in [3.63, 3.8) is 0 Å². The third kappa shape index (κ3) is 2.33. The summed E-state index contributed by atoms with van der Waals surface area (Å²) in [5, 5.41) is 2.97. The third-order valence-corrected chi connectivity index (χ3v) is 4.23. The molecule has 0 aromatic heterocycles. The fourth-order valence-electron chi connectivity index (χ4n) is 2.96. The van der Waals surface area contributed by atoms with Gasteiger partial charge in [-0.25, -0.2) is 0 Å². The molecule has 0 bridgehead atoms. The molecule has 1 aromatic rings. The molecule has 108 valence electrons. The Bertz CT molecular complexity index is 510. The first kappa shape index (κ1) is 13.2. The van der Waals surface area contributed by atoms with Gasteiger partial charge >= 0.3 is 0 Å². The molecule has 0 spiro atoms. The summed E-state index contributed by atoms with van der Waals surface area (Å²) in [6.45, 7) is 1.51. The summed E-state index contributed by atoms with van der Waals surface area (Å²) in [5.74, 6) is 1.43. The van der Waals surface area contributed by atoms with Crippen molar-refractivity contribution in [2.75, 3.05) is 25.1 Å². The lowest BCUT2D eigenvalue weighted by Crippen LogP contribution is -2.40. The van der Waals surface area contributed by atoms with Crippen molar-refractivity contribution in [2.24, 2.45) is 11.1 Å². The van der Waals surface area contributed by atoms with Gasteiger partial charge in [0.1, 0.15) is 13.2 Å². The van der Waals surface area contributed by atoms with E-state index in [4.69, 9.17) is 15.2 Å². The van der Waals surface area contributed by atoms with Crippen LogP contribution in [0.25, 0.3) is 0 Å². The van der Waals surface area contributed by atoms with E-state index in [2.05, 4.69) is 5.32 Å². The van der Waals surface area contributed by atoms with E-state index in [1.165, 1.54) is 0 Å². The van der Waals surface area contributed by atoms with Crippen molar-refractivity contribution in [1.29, 1.82) is 0 Å². The van der Waals surface area contributed by atoms with E-state index in [1.54, 1.807) is 0 Å². The number of fused-ring (bicyclic) bond motifs is 1. The maximum atomic E-state index is 12.5. The van der Waals surface area contributed by atoms with E-state index in [0.717, 1.165) is 37.1 Å². The summed E-state index contributed by atoms with van der Waals surface area (Å²) < 4.78 is 11.0. The first-order chi connectivity index (χ1) is 9.73. The largest absolute Gasteiger partial charge is 0.486 e. The van der Waals surface area contributed by atoms with Crippen LogP contribution >= 0.6 is 0 Å². The van der Waals surface area contributed by atoms with E-state index in [9.17, 15) is 4.79 Å². The summed E-state index contributed by atoms with van der Waals surface area (Å²) in [6.07, 6.45) is 3.90. The van der Waals surface area contributed by atoms with Gasteiger partial charge in [0.2, 0.25) is 5.91 Å². The predicted molar refractivity (Wildman–Crippen MR) is 76.0 cm³/mol. The second-order valence-corrected chi connectivity index (χ2v) is 5.50. The molecule has 1 amide bonds. The fraction of sp³-hybridized carbons (Fsp3) is 0.533. The number of nitrogens with one attached hydrogen (secondary N) is 1. The lowest BCUT2D eigenvalue weighted by Gasteiger charge is -2.26. The molecule has 5 heteroatoms. The normalized spacial score (nSPS) is 19.6. The SMILES string of the molecule is NCC1(C(=O)Nc2ccc3c(c2)OCCO3)CCCC1. The van der Waals surface area contributed by atoms with Gasteiger partial charge in [0.05, 0.1) is 5.41 Å². The molecule has 3 rings (SSSR count). The number of hydrogen-bond donors (Lipinski definition) is 2. The molecule has 1 aromatic carbocycles. The van der Waals surface area contributed by atoms with Crippen molar-refractivity contribution in [2.45, 2.75) is 25.7 Å². The van der Waals surface area contributed by atoms with Crippen molar-refractivity contribution in [3.05, 3.63) is 18.2 Å². The molecule has 0 atom stereocenters. The Balaban J connectivity index is 1.75. The minimum absolute atomic E-state index is 0.0224. The zero-order valence-corrected chi connectivity index (χ0v) is 11.5. The molecule has 1 heterocycles. The summed E-state index contributed by atoms with van der Waals surface area (Å²) in [5.41, 5.74) is 6.17. The minimum atomic E-state index is -0.396. The second-order valence-electron chi connectivity index (χ2n) is 5.50. The number of carbonyl (C=O) groups excluding carboxylic acids is 1. The highest BCUT2D eigenvalue weighted by molar-refractivity contribution is 5.96. The van der Waals surface area contributed by atoms with E-state index in [1.807, 2.05) is 18.2 Å². The van der Waals surface area contributed by atoms with Crippen LogP contribution < -0.4 is 20.5 Å². The van der Waals surface area contributed by atoms with E-state index in [0.29, 0.717) is 25.5 Å². The highest BCUT2D eigenvalue weighted by atomic mass is 16.6. The van der Waals surface area contributed by atoms with Gasteiger partial charge in [-0.3, -0.25) is 4.79 Å². The van der Waals surface area contributed by atoms with Crippen LogP contribution in [0.15, 0.2) is 18.2 Å². The van der Waals surface area contributed by atoms with Crippen molar-refractivity contribution in [3.8, 4) is 11.5 Å². The zero-order valence-electron chi connectivity index (χ0n) is 11.5. The fourth-order valence-corrected chi connectivity index (χ4v) is 2.96. The average molecular weight is 276 g/mol. The Labute approximate surface area is 118 Å². The molecular weight excluding hydrogens is 256 g/mol. The molecule has 1 aliphatic carbocycles. The monoisotopic (exact) mass is 276 g/mol. The van der Waals surface area contributed by atoms with E-state index < -0.39 is 5.41 Å². The molecule has 3 N–H and O–H groups in total. The molecule has 1 fully saturated rings. The van der Waals surface area contributed by atoms with Crippen molar-refractivity contribution >= 4 is 11.6 Å². The number of ether oxygens (including phenoxy) is 2. The highest BCUT2D eigenvalue weighted by Gasteiger charge is 2.39. The minimum Gasteiger partial charge on any atom is -0.486 e. The molecule has 0 unspecified atom stereocenters. The summed E-state index contributed by atoms with van der Waals surface area (Å²) in [4.78, 5) is 12.5. The summed E-state index contributed by atoms with van der Waals surface area (Å²) >= 11 is 0. The molecule has 2 aliphatic rings. The first-order valence-electron chi connectivity index (χ1n) is 7.15. The smallest absolute Gasteiger partial charge is 0.231 e. The van der Waals surface area contributed by atoms with Crippen LogP contribution in [0, 0.1) is 5.41 Å². The van der Waals surface area contributed by atoms with Crippen LogP contribution in [0.1, 0.15) is 25.7 Å². The Morgan fingerprint density at radius 1 is 1.20 bits per heavy atom. The number of hydrogen-bond acceptors (Lipinski definition) is 4. The molecule has 0 radical (unpaired) electrons. The van der Waals surface area contributed by atoms with Crippen LogP contribution in [0.3, 0.4) is 0 Å². The van der Waals surface area contributed by atoms with Crippen LogP contribution in [0.4, 0.5) is 5.69 Å². The lowest BCUT2D eigenvalue weighted by atomic mass is 9.85. The summed E-state index contributed by atoms with van der Waals surface area (Å²) in [7, 11) is 0. The maximum absolute atomic E-state index is 12.5. The molecular formula is C15H20N2O3. The van der Waals surface area contributed by atoms with Gasteiger partial charge in [0.15, 0.2) is 11.5 Å². The van der Waals surface area contributed by atoms with Gasteiger partial charge in [-0.05, 0) is 25.0 Å². The Morgan fingerprint density at radius 3 is 2.60 bits per heavy atom. The van der Waals surface area contributed by atoms with E-state index >= 15 is 0 Å². The van der Waals surface area contributed by atoms with Gasteiger partial charge in [-0.15, -0.1) is 0 Å². The van der Waals surface area contributed by atoms with Crippen LogP contribution in [-0.4, -0.2) is 25.7 Å². The summed E-state index contributed by atoms with van der Waals surface area (Å²) in [6, 6.07) is 5.48. The first-order valence-corrected chi connectivity index (χ1v) is 7.15. The molecule has 20 heavy (non-hydrogen) atoms. The number of amides is 1. The lowest BCUT2D eigenvalue weighted by molar-refractivity contribution is -0.124. The molecule has 0 saturated heterocycles. The van der Waals surface area contributed by atoms with Gasteiger partial charge in [-0.2, -0.15) is 0 Å². The van der Waals surface area contributed by atoms with E-state index in [-0.39, 0.29) is 5.91 Å². The Hall–Kier alpha value is -1.75. The zero-order chi connectivity index (χ0) is 14.0. The maximum Gasteiger partial charge on any atom is 0.231 e. The third-order valence-electron chi connectivity index (χ3n) is 4.23. The average Bonchev–Trinajstić information content (AvgIpc) is 2.97. The van der Waals surface area contributed by atoms with Crippen molar-refractivity contribution in [1.82, 2.24) is 0 Å². The van der Waals surface area contributed by atoms with Crippen molar-refractivity contribution < 1.29 is 14.3 Å². The van der Waals surface area contributed by atoms with Gasteiger partial charge < -0.3 is 20.5 Å². The van der Waals surface area contributed by atoms with Crippen LogP contribution in [0.5, 0.6) is 11.5 Å². The standard InChI is InChI=1S/C15H20N2O3/c16-10-15(5-1-2-6-15)14(18)17-11-3-4-12-13(9-11)20-8-7-19-12/h3-4,9H,1-2,5-8,10,16H2,(H,17,18). The Morgan fingerprint density at radius 2 is 1.90 bits per heavy atom. The highest BCUT2D eigenvalue weighted by Crippen LogP contribution is 2.39. The van der Waals surface area contributed by atoms with Crippen LogP contribution in [-0.2, 0) is 4.79 Å². The molecule has 1 saturated carbocycles. The van der Waals surface area contributed by atoms with Gasteiger partial charge in [0, 0.05) is 18.3 Å². The second kappa shape index (κ2) is 5.32. The number of rotatable bonds is 3. The topological polar surface area (TPSA) is 73.6 Å². The number of anilines is 1. The van der Waals surface area contributed by atoms with Gasteiger partial charge in [0.25, 0.3) is 0 Å². The van der Waals surface area contributed by atoms with Gasteiger partial charge in [-0.1, -0.05) is 12.8 Å². The molecule has 1 aliphatic heterocycles. The number of benzene rings is 1. The number of nitrogens with two attached hydrogens (primary N) is 1. The molecule has 5 nitrogen and oxygen atoms in total. The number of carbonyl (C=O) groups is 1. The predicted octanol–water partition coefficient (Wildman–Crippen LogP) is 1.92. The Kier molecular flexibility index (Phi) is 3.53.